The van der Waals surface area contributed by atoms with Crippen molar-refractivity contribution in [3.63, 3.8) is 0 Å². The Kier molecular flexibility index (Phi) is 11.9. The molecule has 0 N–H and O–H groups in total. The minimum atomic E-state index is 1.15. The molecule has 0 radical (unpaired) electrons. The molecule has 1 nitrogen and oxygen atoms in total. The zero-order chi connectivity index (χ0) is 17.4. The molecule has 0 fully saturated rings. The van der Waals surface area contributed by atoms with Crippen molar-refractivity contribution in [1.82, 2.24) is 0 Å². The van der Waals surface area contributed by atoms with Crippen LogP contribution in [0.4, 0.5) is 0 Å². The van der Waals surface area contributed by atoms with Crippen molar-refractivity contribution in [3.8, 4) is 0 Å². The van der Waals surface area contributed by atoms with Crippen LogP contribution in [0.2, 0.25) is 0 Å². The van der Waals surface area contributed by atoms with E-state index in [1.54, 1.807) is 0 Å². The van der Waals surface area contributed by atoms with Crippen molar-refractivity contribution >= 4 is 0 Å². The third-order valence-corrected chi connectivity index (χ3v) is 5.76. The standard InChI is InChI=1S/C24H42O/c1-3-7-11-15-19-23(20-16-12-8-4-1)25-24-21-17-13-9-5-2-6-10-14-18-22-24/h19,21H,1-18,20,22H2/b23-19-,24-21-. The van der Waals surface area contributed by atoms with Gasteiger partial charge < -0.3 is 4.74 Å². The first-order valence-corrected chi connectivity index (χ1v) is 11.5. The van der Waals surface area contributed by atoms with Gasteiger partial charge in [0.1, 0.15) is 0 Å². The third kappa shape index (κ3) is 10.8. The predicted molar refractivity (Wildman–Crippen MR) is 110 cm³/mol. The zero-order valence-electron chi connectivity index (χ0n) is 16.7. The fourth-order valence-electron chi connectivity index (χ4n) is 4.09. The Balaban J connectivity index is 1.87. The Hall–Kier alpha value is -0.720. The second-order valence-corrected chi connectivity index (χ2v) is 8.18. The van der Waals surface area contributed by atoms with Crippen molar-refractivity contribution in [2.24, 2.45) is 0 Å². The summed E-state index contributed by atoms with van der Waals surface area (Å²) in [5.74, 6) is 2.55. The molecule has 0 aliphatic heterocycles. The number of hydrogen-bond acceptors (Lipinski definition) is 1. The van der Waals surface area contributed by atoms with Gasteiger partial charge in [-0.3, -0.25) is 0 Å². The smallest absolute Gasteiger partial charge is 0.0996 e. The minimum absolute atomic E-state index is 1.15. The van der Waals surface area contributed by atoms with Crippen LogP contribution in [0.25, 0.3) is 0 Å². The van der Waals surface area contributed by atoms with Crippen LogP contribution in [0.1, 0.15) is 128 Å². The highest BCUT2D eigenvalue weighted by atomic mass is 16.5. The maximum Gasteiger partial charge on any atom is 0.0996 e. The van der Waals surface area contributed by atoms with Gasteiger partial charge >= 0.3 is 0 Å². The lowest BCUT2D eigenvalue weighted by Gasteiger charge is -2.15. The summed E-state index contributed by atoms with van der Waals surface area (Å²) in [6, 6.07) is 0. The SMILES string of the molecule is C1=C(\O/C2=C\CCCCCCCCCC2)CCCCCCCCCC/1. The van der Waals surface area contributed by atoms with E-state index in [0.29, 0.717) is 0 Å². The topological polar surface area (TPSA) is 9.23 Å². The number of ether oxygens (including phenoxy) is 1. The maximum absolute atomic E-state index is 6.46. The van der Waals surface area contributed by atoms with Gasteiger partial charge in [0.2, 0.25) is 0 Å². The van der Waals surface area contributed by atoms with E-state index < -0.39 is 0 Å². The highest BCUT2D eigenvalue weighted by Crippen LogP contribution is 2.23. The first-order valence-electron chi connectivity index (χ1n) is 11.5. The number of allylic oxidation sites excluding steroid dienone is 4. The summed E-state index contributed by atoms with van der Waals surface area (Å²) in [6.07, 6.45) is 31.8. The normalized spacial score (nSPS) is 27.8. The predicted octanol–water partition coefficient (Wildman–Crippen LogP) is 8.60. The summed E-state index contributed by atoms with van der Waals surface area (Å²) >= 11 is 0. The molecule has 0 bridgehead atoms. The van der Waals surface area contributed by atoms with Gasteiger partial charge in [0, 0.05) is 12.8 Å². The van der Waals surface area contributed by atoms with Crippen molar-refractivity contribution in [3.05, 3.63) is 23.7 Å². The van der Waals surface area contributed by atoms with Gasteiger partial charge in [0.15, 0.2) is 0 Å². The van der Waals surface area contributed by atoms with Crippen LogP contribution in [-0.4, -0.2) is 0 Å². The molecule has 0 spiro atoms. The second-order valence-electron chi connectivity index (χ2n) is 8.18. The summed E-state index contributed by atoms with van der Waals surface area (Å²) in [5.41, 5.74) is 0. The monoisotopic (exact) mass is 346 g/mol. The number of rotatable bonds is 2. The van der Waals surface area contributed by atoms with Crippen LogP contribution in [0.15, 0.2) is 23.7 Å². The van der Waals surface area contributed by atoms with Crippen LogP contribution < -0.4 is 0 Å². The fourth-order valence-corrected chi connectivity index (χ4v) is 4.09. The van der Waals surface area contributed by atoms with E-state index in [0.717, 1.165) is 12.8 Å². The molecule has 25 heavy (non-hydrogen) atoms. The Morgan fingerprint density at radius 1 is 0.400 bits per heavy atom. The Morgan fingerprint density at radius 3 is 1.12 bits per heavy atom. The van der Waals surface area contributed by atoms with Gasteiger partial charge in [0.05, 0.1) is 11.5 Å². The van der Waals surface area contributed by atoms with Crippen molar-refractivity contribution in [2.75, 3.05) is 0 Å². The molecule has 0 atom stereocenters. The molecule has 1 heteroatoms. The Bertz CT molecular complexity index is 344. The molecule has 0 heterocycles. The molecule has 0 unspecified atom stereocenters. The lowest BCUT2D eigenvalue weighted by atomic mass is 10.0. The highest BCUT2D eigenvalue weighted by molar-refractivity contribution is 5.03. The van der Waals surface area contributed by atoms with Crippen LogP contribution in [0.3, 0.4) is 0 Å². The number of hydrogen-bond donors (Lipinski definition) is 0. The molecule has 0 amide bonds. The molecular weight excluding hydrogens is 304 g/mol. The summed E-state index contributed by atoms with van der Waals surface area (Å²) in [7, 11) is 0. The Morgan fingerprint density at radius 2 is 0.720 bits per heavy atom. The second kappa shape index (κ2) is 14.4. The first kappa shape index (κ1) is 20.6. The van der Waals surface area contributed by atoms with Gasteiger partial charge in [-0.15, -0.1) is 0 Å². The van der Waals surface area contributed by atoms with E-state index in [1.807, 2.05) is 0 Å². The molecular formula is C24H42O. The van der Waals surface area contributed by atoms with Crippen LogP contribution in [0.5, 0.6) is 0 Å². The van der Waals surface area contributed by atoms with Crippen molar-refractivity contribution in [1.29, 1.82) is 0 Å². The zero-order valence-corrected chi connectivity index (χ0v) is 16.7. The largest absolute Gasteiger partial charge is 0.467 e. The van der Waals surface area contributed by atoms with E-state index in [4.69, 9.17) is 4.74 Å². The van der Waals surface area contributed by atoms with Gasteiger partial charge in [0.25, 0.3) is 0 Å². The molecule has 2 aliphatic rings. The molecule has 0 aromatic rings. The summed E-state index contributed by atoms with van der Waals surface area (Å²) in [4.78, 5) is 0. The average molecular weight is 347 g/mol. The third-order valence-electron chi connectivity index (χ3n) is 5.76. The maximum atomic E-state index is 6.46. The first-order chi connectivity index (χ1) is 12.4. The van der Waals surface area contributed by atoms with E-state index in [9.17, 15) is 0 Å². The average Bonchev–Trinajstić information content (AvgIpc) is 2.59. The van der Waals surface area contributed by atoms with Crippen molar-refractivity contribution < 1.29 is 4.74 Å². The van der Waals surface area contributed by atoms with Crippen LogP contribution >= 0.6 is 0 Å². The lowest BCUT2D eigenvalue weighted by Crippen LogP contribution is -1.97. The lowest BCUT2D eigenvalue weighted by molar-refractivity contribution is 0.266. The van der Waals surface area contributed by atoms with E-state index >= 15 is 0 Å². The van der Waals surface area contributed by atoms with E-state index in [1.165, 1.54) is 127 Å². The highest BCUT2D eigenvalue weighted by Gasteiger charge is 2.07. The molecule has 0 aromatic heterocycles. The van der Waals surface area contributed by atoms with Gasteiger partial charge in [-0.05, 0) is 50.7 Å². The van der Waals surface area contributed by atoms with Crippen LogP contribution in [0, 0.1) is 0 Å². The summed E-state index contributed by atoms with van der Waals surface area (Å²) < 4.78 is 6.46. The molecule has 2 rings (SSSR count). The summed E-state index contributed by atoms with van der Waals surface area (Å²) in [5, 5.41) is 0. The van der Waals surface area contributed by atoms with Gasteiger partial charge in [-0.1, -0.05) is 77.0 Å². The molecule has 0 saturated heterocycles. The fraction of sp³-hybridized carbons (Fsp3) is 0.833. The Labute approximate surface area is 157 Å². The molecule has 2 aliphatic carbocycles. The van der Waals surface area contributed by atoms with Crippen LogP contribution in [-0.2, 0) is 4.74 Å². The van der Waals surface area contributed by atoms with Crippen molar-refractivity contribution in [2.45, 2.75) is 128 Å². The van der Waals surface area contributed by atoms with Gasteiger partial charge in [-0.25, -0.2) is 0 Å². The van der Waals surface area contributed by atoms with Gasteiger partial charge in [-0.2, -0.15) is 0 Å². The van der Waals surface area contributed by atoms with E-state index in [2.05, 4.69) is 12.2 Å². The molecule has 0 saturated carbocycles. The van der Waals surface area contributed by atoms with E-state index in [-0.39, 0.29) is 0 Å². The minimum Gasteiger partial charge on any atom is -0.467 e. The summed E-state index contributed by atoms with van der Waals surface area (Å²) in [6.45, 7) is 0. The quantitative estimate of drug-likeness (QED) is 0.486. The molecule has 0 aromatic carbocycles. The molecule has 144 valence electrons.